The summed E-state index contributed by atoms with van der Waals surface area (Å²) in [4.78, 5) is 25.1. The Morgan fingerprint density at radius 1 is 1.00 bits per heavy atom. The van der Waals surface area contributed by atoms with Gasteiger partial charge in [-0.05, 0) is 72.2 Å². The monoisotopic (exact) mass is 523 g/mol. The minimum absolute atomic E-state index is 0.174. The molecule has 7 nitrogen and oxygen atoms in total. The van der Waals surface area contributed by atoms with Gasteiger partial charge in [0.05, 0.1) is 18.2 Å². The average Bonchev–Trinajstić information content (AvgIpc) is 3.13. The zero-order valence-electron chi connectivity index (χ0n) is 21.9. The Morgan fingerprint density at radius 3 is 2.49 bits per heavy atom. The first-order chi connectivity index (χ1) is 18.9. The van der Waals surface area contributed by atoms with E-state index in [1.165, 1.54) is 24.8 Å². The highest BCUT2D eigenvalue weighted by atomic mass is 16.5. The quantitative estimate of drug-likeness (QED) is 0.315. The zero-order chi connectivity index (χ0) is 27.1. The molecule has 1 atom stereocenters. The Balaban J connectivity index is 1.61. The predicted octanol–water partition coefficient (Wildman–Crippen LogP) is 5.36. The van der Waals surface area contributed by atoms with Crippen LogP contribution in [-0.4, -0.2) is 28.1 Å². The van der Waals surface area contributed by atoms with E-state index >= 15 is 0 Å². The SMILES string of the molecule is NC(=O)c1ccc2c(C3CCCCC3)c3n(c2c1)CCOc1cccc([C@H](Cc2ccc(O)cc2)C(N)=O)c1-3. The van der Waals surface area contributed by atoms with Gasteiger partial charge in [0.2, 0.25) is 11.8 Å². The van der Waals surface area contributed by atoms with Crippen molar-refractivity contribution in [3.05, 3.63) is 82.9 Å². The van der Waals surface area contributed by atoms with E-state index < -0.39 is 17.7 Å². The van der Waals surface area contributed by atoms with E-state index in [1.54, 1.807) is 12.1 Å². The first-order valence-corrected chi connectivity index (χ1v) is 13.7. The molecule has 2 aliphatic rings. The molecule has 1 aliphatic carbocycles. The van der Waals surface area contributed by atoms with Crippen LogP contribution in [0.3, 0.4) is 0 Å². The molecule has 0 radical (unpaired) electrons. The van der Waals surface area contributed by atoms with Crippen LogP contribution in [0.5, 0.6) is 11.5 Å². The molecule has 0 spiro atoms. The number of aromatic nitrogens is 1. The van der Waals surface area contributed by atoms with Crippen LogP contribution in [-0.2, 0) is 17.8 Å². The maximum Gasteiger partial charge on any atom is 0.248 e. The third kappa shape index (κ3) is 4.52. The topological polar surface area (TPSA) is 121 Å². The lowest BCUT2D eigenvalue weighted by Crippen LogP contribution is -2.24. The molecule has 0 unspecified atom stereocenters. The van der Waals surface area contributed by atoms with Crippen molar-refractivity contribution < 1.29 is 19.4 Å². The molecule has 6 rings (SSSR count). The Morgan fingerprint density at radius 2 is 1.77 bits per heavy atom. The number of rotatable bonds is 6. The van der Waals surface area contributed by atoms with Gasteiger partial charge in [-0.1, -0.05) is 49.6 Å². The lowest BCUT2D eigenvalue weighted by Gasteiger charge is -2.25. The van der Waals surface area contributed by atoms with E-state index in [2.05, 4.69) is 4.57 Å². The van der Waals surface area contributed by atoms with Crippen LogP contribution in [0.2, 0.25) is 0 Å². The predicted molar refractivity (Wildman–Crippen MR) is 151 cm³/mol. The number of ether oxygens (including phenoxy) is 1. The van der Waals surface area contributed by atoms with Crippen molar-refractivity contribution in [2.75, 3.05) is 6.61 Å². The number of nitrogens with two attached hydrogens (primary N) is 2. The normalized spacial score (nSPS) is 16.1. The molecule has 1 saturated carbocycles. The van der Waals surface area contributed by atoms with Crippen LogP contribution in [0.25, 0.3) is 22.2 Å². The largest absolute Gasteiger partial charge is 0.508 e. The Bertz CT molecular complexity index is 1560. The number of benzene rings is 3. The van der Waals surface area contributed by atoms with Crippen molar-refractivity contribution in [2.24, 2.45) is 11.5 Å². The molecule has 0 bridgehead atoms. The summed E-state index contributed by atoms with van der Waals surface area (Å²) in [6, 6.07) is 18.5. The standard InChI is InChI=1S/C32H33N3O4/c33-31(37)21-11-14-24-26(18-21)35-15-16-39-27-8-4-7-23(25(32(34)38)17-19-9-12-22(36)13-10-19)29(27)30(35)28(24)20-5-2-1-3-6-20/h4,7-14,18,20,25,36H,1-3,5-6,15-17H2,(H2,33,37)(H2,34,38)/t25-/m0/s1. The minimum atomic E-state index is -0.599. The second-order valence-electron chi connectivity index (χ2n) is 10.7. The number of hydrogen-bond acceptors (Lipinski definition) is 4. The van der Waals surface area contributed by atoms with E-state index in [-0.39, 0.29) is 5.75 Å². The summed E-state index contributed by atoms with van der Waals surface area (Å²) in [5.74, 6) is -0.205. The van der Waals surface area contributed by atoms with E-state index in [0.29, 0.717) is 31.1 Å². The molecule has 2 amide bonds. The van der Waals surface area contributed by atoms with Crippen molar-refractivity contribution in [2.45, 2.75) is 56.9 Å². The number of carbonyl (C=O) groups is 2. The average molecular weight is 524 g/mol. The molecule has 200 valence electrons. The van der Waals surface area contributed by atoms with Crippen LogP contribution in [0.1, 0.15) is 71.0 Å². The number of fused-ring (bicyclic) bond motifs is 5. The van der Waals surface area contributed by atoms with Crippen LogP contribution in [0.15, 0.2) is 60.7 Å². The van der Waals surface area contributed by atoms with Gasteiger partial charge in [0.25, 0.3) is 0 Å². The van der Waals surface area contributed by atoms with Crippen LogP contribution in [0.4, 0.5) is 0 Å². The maximum absolute atomic E-state index is 13.0. The summed E-state index contributed by atoms with van der Waals surface area (Å²) >= 11 is 0. The van der Waals surface area contributed by atoms with Crippen molar-refractivity contribution in [3.8, 4) is 22.8 Å². The number of aromatic hydroxyl groups is 1. The Hall–Kier alpha value is -4.26. The van der Waals surface area contributed by atoms with Crippen LogP contribution in [0, 0.1) is 0 Å². The van der Waals surface area contributed by atoms with Crippen molar-refractivity contribution in [1.29, 1.82) is 0 Å². The van der Waals surface area contributed by atoms with E-state index in [0.717, 1.165) is 51.9 Å². The molecule has 4 aromatic rings. The number of hydrogen-bond donors (Lipinski definition) is 3. The Kier molecular flexibility index (Phi) is 6.51. The summed E-state index contributed by atoms with van der Waals surface area (Å²) in [6.07, 6.45) is 6.16. The summed E-state index contributed by atoms with van der Waals surface area (Å²) in [5, 5.41) is 10.9. The van der Waals surface area contributed by atoms with Gasteiger partial charge in [-0.2, -0.15) is 0 Å². The number of phenolic OH excluding ortho intramolecular Hbond substituents is 1. The summed E-state index contributed by atoms with van der Waals surface area (Å²) in [6.45, 7) is 1.06. The van der Waals surface area contributed by atoms with E-state index in [1.807, 2.05) is 48.5 Å². The van der Waals surface area contributed by atoms with Gasteiger partial charge < -0.3 is 25.9 Å². The van der Waals surface area contributed by atoms with Crippen LogP contribution < -0.4 is 16.2 Å². The number of carbonyl (C=O) groups excluding carboxylic acids is 2. The lowest BCUT2D eigenvalue weighted by atomic mass is 9.80. The highest BCUT2D eigenvalue weighted by Crippen LogP contribution is 2.49. The first-order valence-electron chi connectivity index (χ1n) is 13.7. The highest BCUT2D eigenvalue weighted by Gasteiger charge is 2.33. The van der Waals surface area contributed by atoms with Crippen LogP contribution >= 0.6 is 0 Å². The second-order valence-corrected chi connectivity index (χ2v) is 10.7. The number of nitrogens with zero attached hydrogens (tertiary/aromatic N) is 1. The third-order valence-corrected chi connectivity index (χ3v) is 8.36. The first kappa shape index (κ1) is 25.0. The van der Waals surface area contributed by atoms with Gasteiger partial charge in [-0.25, -0.2) is 0 Å². The molecule has 7 heteroatoms. The van der Waals surface area contributed by atoms with Crippen molar-refractivity contribution in [3.63, 3.8) is 0 Å². The fourth-order valence-electron chi connectivity index (χ4n) is 6.53. The highest BCUT2D eigenvalue weighted by molar-refractivity contribution is 6.01. The van der Waals surface area contributed by atoms with Gasteiger partial charge in [-0.15, -0.1) is 0 Å². The molecule has 3 aromatic carbocycles. The Labute approximate surface area is 227 Å². The summed E-state index contributed by atoms with van der Waals surface area (Å²) in [5.41, 5.74) is 18.1. The fourth-order valence-corrected chi connectivity index (χ4v) is 6.53. The van der Waals surface area contributed by atoms with Gasteiger partial charge in [0, 0.05) is 22.0 Å². The summed E-state index contributed by atoms with van der Waals surface area (Å²) < 4.78 is 8.55. The molecular weight excluding hydrogens is 490 g/mol. The zero-order valence-corrected chi connectivity index (χ0v) is 21.9. The molecule has 1 fully saturated rings. The lowest BCUT2D eigenvalue weighted by molar-refractivity contribution is -0.119. The molecule has 1 aliphatic heterocycles. The molecule has 5 N–H and O–H groups in total. The maximum atomic E-state index is 13.0. The third-order valence-electron chi connectivity index (χ3n) is 8.36. The van der Waals surface area contributed by atoms with Crippen molar-refractivity contribution >= 4 is 22.7 Å². The number of primary amides is 2. The van der Waals surface area contributed by atoms with Gasteiger partial charge in [0.15, 0.2) is 0 Å². The van der Waals surface area contributed by atoms with E-state index in [9.17, 15) is 14.7 Å². The minimum Gasteiger partial charge on any atom is -0.508 e. The molecule has 39 heavy (non-hydrogen) atoms. The molecule has 0 saturated heterocycles. The summed E-state index contributed by atoms with van der Waals surface area (Å²) in [7, 11) is 0. The fraction of sp³-hybridized carbons (Fsp3) is 0.312. The van der Waals surface area contributed by atoms with Crippen molar-refractivity contribution in [1.82, 2.24) is 4.57 Å². The number of amides is 2. The molecule has 2 heterocycles. The second kappa shape index (κ2) is 10.1. The van der Waals surface area contributed by atoms with Gasteiger partial charge in [0.1, 0.15) is 18.1 Å². The van der Waals surface area contributed by atoms with Gasteiger partial charge >= 0.3 is 0 Å². The molecular formula is C32H33N3O4. The van der Waals surface area contributed by atoms with E-state index in [4.69, 9.17) is 16.2 Å². The number of phenols is 1. The van der Waals surface area contributed by atoms with Gasteiger partial charge in [-0.3, -0.25) is 9.59 Å². The molecule has 1 aromatic heterocycles. The smallest absolute Gasteiger partial charge is 0.248 e.